The van der Waals surface area contributed by atoms with Gasteiger partial charge in [-0.3, -0.25) is 0 Å². The van der Waals surface area contributed by atoms with Gasteiger partial charge in [0.1, 0.15) is 5.75 Å². The molecule has 0 amide bonds. The fourth-order valence-electron chi connectivity index (χ4n) is 3.32. The van der Waals surface area contributed by atoms with Crippen LogP contribution in [0.25, 0.3) is 11.1 Å². The molecule has 0 aliphatic carbocycles. The predicted molar refractivity (Wildman–Crippen MR) is 103 cm³/mol. The summed E-state index contributed by atoms with van der Waals surface area (Å²) in [6.45, 7) is 6.69. The van der Waals surface area contributed by atoms with Gasteiger partial charge in [-0.25, -0.2) is 0 Å². The van der Waals surface area contributed by atoms with Crippen molar-refractivity contribution in [2.75, 3.05) is 26.2 Å². The highest BCUT2D eigenvalue weighted by molar-refractivity contribution is 5.85. The molecule has 0 saturated carbocycles. The van der Waals surface area contributed by atoms with Gasteiger partial charge in [0.05, 0.1) is 6.61 Å². The number of rotatable bonds is 6. The van der Waals surface area contributed by atoms with Crippen molar-refractivity contribution < 1.29 is 9.47 Å². The van der Waals surface area contributed by atoms with Gasteiger partial charge in [-0.1, -0.05) is 19.1 Å². The first-order valence-electron chi connectivity index (χ1n) is 8.85. The Morgan fingerprint density at radius 2 is 1.80 bits per heavy atom. The van der Waals surface area contributed by atoms with E-state index in [1.54, 1.807) is 0 Å². The Bertz CT molecular complexity index is 631. The average molecular weight is 363 g/mol. The molecule has 4 nitrogen and oxygen atoms in total. The molecule has 0 N–H and O–H groups in total. The molecule has 1 fully saturated rings. The first kappa shape index (κ1) is 19.5. The molecule has 2 heterocycles. The van der Waals surface area contributed by atoms with Gasteiger partial charge in [0.25, 0.3) is 0 Å². The van der Waals surface area contributed by atoms with Crippen molar-refractivity contribution in [1.29, 1.82) is 0 Å². The van der Waals surface area contributed by atoms with Crippen LogP contribution in [0.2, 0.25) is 0 Å². The van der Waals surface area contributed by atoms with Crippen molar-refractivity contribution in [2.45, 2.75) is 26.2 Å². The number of benzene rings is 1. The Labute approximate surface area is 156 Å². The fraction of sp³-hybridized carbons (Fsp3) is 0.450. The molecule has 0 radical (unpaired) electrons. The predicted octanol–water partition coefficient (Wildman–Crippen LogP) is 3.91. The lowest BCUT2D eigenvalue weighted by Gasteiger charge is -2.30. The van der Waals surface area contributed by atoms with Gasteiger partial charge in [0.15, 0.2) is 12.4 Å². The molecular formula is C20H27ClN2O2. The monoisotopic (exact) mass is 362 g/mol. The first-order valence-corrected chi connectivity index (χ1v) is 8.85. The maximum Gasteiger partial charge on any atom is 0.180 e. The maximum atomic E-state index is 11.1. The number of hydrogen-bond donors (Lipinski definition) is 0. The lowest BCUT2D eigenvalue weighted by atomic mass is 10.0. The summed E-state index contributed by atoms with van der Waals surface area (Å²) in [5, 5.41) is 11.1. The van der Waals surface area contributed by atoms with E-state index in [-0.39, 0.29) is 12.4 Å². The third-order valence-electron chi connectivity index (χ3n) is 4.62. The number of piperidine rings is 1. The van der Waals surface area contributed by atoms with Crippen LogP contribution in [0.15, 0.2) is 48.8 Å². The van der Waals surface area contributed by atoms with Crippen LogP contribution in [0.5, 0.6) is 5.75 Å². The van der Waals surface area contributed by atoms with Crippen LogP contribution in [0.4, 0.5) is 0 Å². The zero-order valence-corrected chi connectivity index (χ0v) is 15.6. The molecule has 1 aliphatic heterocycles. The van der Waals surface area contributed by atoms with Crippen molar-refractivity contribution >= 4 is 12.4 Å². The second-order valence-electron chi connectivity index (χ2n) is 6.72. The molecule has 3 rings (SSSR count). The topological polar surface area (TPSA) is 39.4 Å². The van der Waals surface area contributed by atoms with Crippen molar-refractivity contribution in [3.63, 3.8) is 0 Å². The Kier molecular flexibility index (Phi) is 7.53. The summed E-state index contributed by atoms with van der Waals surface area (Å²) in [7, 11) is 0. The second kappa shape index (κ2) is 9.64. The zero-order valence-electron chi connectivity index (χ0n) is 14.8. The number of ether oxygens (including phenoxy) is 1. The molecule has 136 valence electrons. The first-order chi connectivity index (χ1) is 11.7. The molecule has 1 aromatic heterocycles. The molecule has 1 saturated heterocycles. The van der Waals surface area contributed by atoms with E-state index >= 15 is 0 Å². The molecular weight excluding hydrogens is 336 g/mol. The van der Waals surface area contributed by atoms with Crippen LogP contribution in [0.3, 0.4) is 0 Å². The lowest BCUT2D eigenvalue weighted by molar-refractivity contribution is -0.605. The Morgan fingerprint density at radius 3 is 2.48 bits per heavy atom. The number of aromatic nitrogens is 1. The molecule has 2 aromatic rings. The highest BCUT2D eigenvalue weighted by Gasteiger charge is 2.15. The van der Waals surface area contributed by atoms with E-state index in [4.69, 9.17) is 4.74 Å². The van der Waals surface area contributed by atoms with Crippen LogP contribution in [-0.4, -0.2) is 31.1 Å². The van der Waals surface area contributed by atoms with Crippen LogP contribution in [0.1, 0.15) is 26.2 Å². The Morgan fingerprint density at radius 1 is 1.12 bits per heavy atom. The summed E-state index contributed by atoms with van der Waals surface area (Å²) in [5.41, 5.74) is 2.12. The van der Waals surface area contributed by atoms with E-state index < -0.39 is 0 Å². The minimum absolute atomic E-state index is 0. The van der Waals surface area contributed by atoms with Gasteiger partial charge >= 0.3 is 0 Å². The van der Waals surface area contributed by atoms with Crippen molar-refractivity contribution in [1.82, 2.24) is 4.90 Å². The van der Waals surface area contributed by atoms with E-state index in [2.05, 4.69) is 11.8 Å². The molecule has 0 spiro atoms. The SMILES string of the molecule is C[C@H]1CCCN(CCCOc2ccc(-c3cc[n+]([O-])cc3)cc2)C1.Cl. The number of hydrogen-bond acceptors (Lipinski definition) is 3. The highest BCUT2D eigenvalue weighted by atomic mass is 35.5. The number of likely N-dealkylation sites (tertiary alicyclic amines) is 1. The molecule has 1 aromatic carbocycles. The number of nitrogens with zero attached hydrogens (tertiary/aromatic N) is 2. The molecule has 1 atom stereocenters. The van der Waals surface area contributed by atoms with Crippen LogP contribution < -0.4 is 9.47 Å². The normalized spacial score (nSPS) is 17.7. The van der Waals surface area contributed by atoms with E-state index in [1.165, 1.54) is 38.3 Å². The average Bonchev–Trinajstić information content (AvgIpc) is 2.60. The third kappa shape index (κ3) is 5.91. The molecule has 5 heteroatoms. The van der Waals surface area contributed by atoms with Gasteiger partial charge in [-0.15, -0.1) is 12.4 Å². The largest absolute Gasteiger partial charge is 0.619 e. The van der Waals surface area contributed by atoms with E-state index in [1.807, 2.05) is 36.4 Å². The van der Waals surface area contributed by atoms with Crippen LogP contribution >= 0.6 is 12.4 Å². The summed E-state index contributed by atoms with van der Waals surface area (Å²) >= 11 is 0. The van der Waals surface area contributed by atoms with Crippen LogP contribution in [0, 0.1) is 11.1 Å². The second-order valence-corrected chi connectivity index (χ2v) is 6.72. The smallest absolute Gasteiger partial charge is 0.180 e. The minimum atomic E-state index is 0. The molecule has 0 unspecified atom stereocenters. The van der Waals surface area contributed by atoms with Gasteiger partial charge in [0.2, 0.25) is 0 Å². The molecule has 1 aliphatic rings. The Balaban J connectivity index is 0.00000225. The summed E-state index contributed by atoms with van der Waals surface area (Å²) < 4.78 is 6.65. The van der Waals surface area contributed by atoms with Crippen molar-refractivity contribution in [3.05, 3.63) is 54.0 Å². The van der Waals surface area contributed by atoms with Gasteiger partial charge in [-0.05, 0) is 55.0 Å². The van der Waals surface area contributed by atoms with Gasteiger partial charge in [-0.2, -0.15) is 4.73 Å². The van der Waals surface area contributed by atoms with Crippen LogP contribution in [-0.2, 0) is 0 Å². The molecule has 0 bridgehead atoms. The summed E-state index contributed by atoms with van der Waals surface area (Å²) in [4.78, 5) is 2.55. The maximum absolute atomic E-state index is 11.1. The molecule has 25 heavy (non-hydrogen) atoms. The summed E-state index contributed by atoms with van der Waals surface area (Å²) in [5.74, 6) is 1.74. The number of pyridine rings is 1. The Hall–Kier alpha value is -1.78. The quantitative estimate of drug-likeness (QED) is 0.444. The lowest BCUT2D eigenvalue weighted by Crippen LogP contribution is -2.35. The summed E-state index contributed by atoms with van der Waals surface area (Å²) in [6.07, 6.45) is 6.80. The van der Waals surface area contributed by atoms with Gasteiger partial charge in [0, 0.05) is 25.2 Å². The standard InChI is InChI=1S/C20H26N2O2.ClH/c1-17-4-2-11-21(16-17)12-3-15-24-20-7-5-18(6-8-20)19-9-13-22(23)14-10-19;/h5-10,13-14,17H,2-4,11-12,15-16H2,1H3;1H/t17-;/m0./s1. The highest BCUT2D eigenvalue weighted by Crippen LogP contribution is 2.21. The van der Waals surface area contributed by atoms with E-state index in [0.29, 0.717) is 0 Å². The van der Waals surface area contributed by atoms with E-state index in [9.17, 15) is 5.21 Å². The van der Waals surface area contributed by atoms with Crippen molar-refractivity contribution in [3.8, 4) is 16.9 Å². The third-order valence-corrected chi connectivity index (χ3v) is 4.62. The minimum Gasteiger partial charge on any atom is -0.619 e. The van der Waals surface area contributed by atoms with E-state index in [0.717, 1.165) is 47.1 Å². The summed E-state index contributed by atoms with van der Waals surface area (Å²) in [6, 6.07) is 11.7. The zero-order chi connectivity index (χ0) is 16.8. The fourth-order valence-corrected chi connectivity index (χ4v) is 3.32. The van der Waals surface area contributed by atoms with Crippen molar-refractivity contribution in [2.24, 2.45) is 5.92 Å². The number of halogens is 1. The van der Waals surface area contributed by atoms with Gasteiger partial charge < -0.3 is 14.8 Å².